The lowest BCUT2D eigenvalue weighted by Gasteiger charge is -2.31. The van der Waals surface area contributed by atoms with E-state index < -0.39 is 0 Å². The van der Waals surface area contributed by atoms with Gasteiger partial charge in [-0.15, -0.1) is 0 Å². The maximum atomic E-state index is 11.9. The fourth-order valence-electron chi connectivity index (χ4n) is 2.72. The van der Waals surface area contributed by atoms with Crippen molar-refractivity contribution in [1.82, 2.24) is 4.90 Å². The summed E-state index contributed by atoms with van der Waals surface area (Å²) in [5.74, 6) is 0.792. The van der Waals surface area contributed by atoms with E-state index in [-0.39, 0.29) is 11.9 Å². The minimum absolute atomic E-state index is 0.0142. The summed E-state index contributed by atoms with van der Waals surface area (Å²) in [5.41, 5.74) is 1.21. The summed E-state index contributed by atoms with van der Waals surface area (Å²) in [6.45, 7) is 4.97. The van der Waals surface area contributed by atoms with Gasteiger partial charge in [0.05, 0.1) is 24.1 Å². The first kappa shape index (κ1) is 16.3. The summed E-state index contributed by atoms with van der Waals surface area (Å²) in [7, 11) is 1.66. The molecule has 5 heteroatoms. The molecule has 0 saturated carbocycles. The number of carbonyl (C=O) groups excluding carboxylic acids is 1. The maximum absolute atomic E-state index is 11.9. The van der Waals surface area contributed by atoms with Gasteiger partial charge in [-0.05, 0) is 59.9 Å². The second-order valence-corrected chi connectivity index (χ2v) is 6.15. The molecule has 1 aromatic rings. The zero-order chi connectivity index (χ0) is 15.2. The van der Waals surface area contributed by atoms with Crippen LogP contribution in [-0.2, 0) is 16.1 Å². The molecule has 0 N–H and O–H groups in total. The minimum Gasteiger partial charge on any atom is -0.496 e. The lowest BCUT2D eigenvalue weighted by molar-refractivity contribution is -0.150. The summed E-state index contributed by atoms with van der Waals surface area (Å²) in [4.78, 5) is 14.2. The highest BCUT2D eigenvalue weighted by atomic mass is 79.9. The van der Waals surface area contributed by atoms with E-state index in [1.54, 1.807) is 7.11 Å². The van der Waals surface area contributed by atoms with Gasteiger partial charge in [0.15, 0.2) is 0 Å². The number of piperidine rings is 1. The molecule has 0 spiro atoms. The predicted molar refractivity (Wildman–Crippen MR) is 85.3 cm³/mol. The minimum atomic E-state index is -0.0573. The Kier molecular flexibility index (Phi) is 6.06. The Morgan fingerprint density at radius 1 is 1.48 bits per heavy atom. The van der Waals surface area contributed by atoms with Gasteiger partial charge in [-0.2, -0.15) is 0 Å². The molecule has 1 heterocycles. The van der Waals surface area contributed by atoms with Crippen LogP contribution in [0, 0.1) is 5.92 Å². The van der Waals surface area contributed by atoms with Crippen molar-refractivity contribution in [2.75, 3.05) is 26.8 Å². The molecule has 1 aliphatic heterocycles. The van der Waals surface area contributed by atoms with E-state index in [9.17, 15) is 4.79 Å². The Balaban J connectivity index is 1.96. The van der Waals surface area contributed by atoms with Crippen LogP contribution in [0.15, 0.2) is 22.7 Å². The Morgan fingerprint density at radius 2 is 2.29 bits per heavy atom. The first-order chi connectivity index (χ1) is 10.1. The lowest BCUT2D eigenvalue weighted by Crippen LogP contribution is -2.38. The molecule has 1 saturated heterocycles. The average molecular weight is 356 g/mol. The quantitative estimate of drug-likeness (QED) is 0.760. The van der Waals surface area contributed by atoms with Crippen LogP contribution in [-0.4, -0.2) is 37.7 Å². The molecule has 21 heavy (non-hydrogen) atoms. The number of rotatable bonds is 5. The fourth-order valence-corrected chi connectivity index (χ4v) is 3.31. The third-order valence-corrected chi connectivity index (χ3v) is 4.37. The lowest BCUT2D eigenvalue weighted by atomic mass is 9.97. The largest absolute Gasteiger partial charge is 0.496 e. The molecule has 1 fully saturated rings. The number of nitrogens with zero attached hydrogens (tertiary/aromatic N) is 1. The van der Waals surface area contributed by atoms with Gasteiger partial charge in [0, 0.05) is 13.1 Å². The molecular weight excluding hydrogens is 334 g/mol. The third kappa shape index (κ3) is 4.45. The zero-order valence-corrected chi connectivity index (χ0v) is 14.2. The summed E-state index contributed by atoms with van der Waals surface area (Å²) in [5, 5.41) is 0. The van der Waals surface area contributed by atoms with Crippen molar-refractivity contribution in [2.24, 2.45) is 5.92 Å². The van der Waals surface area contributed by atoms with Crippen LogP contribution in [0.4, 0.5) is 0 Å². The molecule has 116 valence electrons. The third-order valence-electron chi connectivity index (χ3n) is 3.75. The maximum Gasteiger partial charge on any atom is 0.310 e. The monoisotopic (exact) mass is 355 g/mol. The van der Waals surface area contributed by atoms with Crippen molar-refractivity contribution < 1.29 is 14.3 Å². The van der Waals surface area contributed by atoms with Gasteiger partial charge in [0.1, 0.15) is 5.75 Å². The number of halogens is 1. The molecule has 0 aromatic heterocycles. The van der Waals surface area contributed by atoms with Crippen LogP contribution in [0.5, 0.6) is 5.75 Å². The van der Waals surface area contributed by atoms with E-state index in [0.29, 0.717) is 6.61 Å². The van der Waals surface area contributed by atoms with E-state index >= 15 is 0 Å². The number of carbonyl (C=O) groups is 1. The number of esters is 1. The van der Waals surface area contributed by atoms with Gasteiger partial charge < -0.3 is 9.47 Å². The Morgan fingerprint density at radius 3 is 2.95 bits per heavy atom. The predicted octanol–water partition coefficient (Wildman–Crippen LogP) is 3.23. The average Bonchev–Trinajstić information content (AvgIpc) is 2.48. The first-order valence-corrected chi connectivity index (χ1v) is 8.14. The highest BCUT2D eigenvalue weighted by Crippen LogP contribution is 2.27. The molecule has 0 amide bonds. The van der Waals surface area contributed by atoms with Crippen LogP contribution in [0.3, 0.4) is 0 Å². The number of benzene rings is 1. The Labute approximate surface area is 134 Å². The molecule has 0 unspecified atom stereocenters. The number of ether oxygens (including phenoxy) is 2. The number of likely N-dealkylation sites (tertiary alicyclic amines) is 1. The normalized spacial score (nSPS) is 19.3. The number of hydrogen-bond donors (Lipinski definition) is 0. The van der Waals surface area contributed by atoms with Crippen LogP contribution in [0.25, 0.3) is 0 Å². The summed E-state index contributed by atoms with van der Waals surface area (Å²) >= 11 is 3.51. The molecule has 0 bridgehead atoms. The highest BCUT2D eigenvalue weighted by molar-refractivity contribution is 9.10. The van der Waals surface area contributed by atoms with Crippen LogP contribution in [0.1, 0.15) is 25.3 Å². The van der Waals surface area contributed by atoms with Gasteiger partial charge in [0.25, 0.3) is 0 Å². The van der Waals surface area contributed by atoms with Crippen molar-refractivity contribution in [3.8, 4) is 5.75 Å². The second kappa shape index (κ2) is 7.80. The van der Waals surface area contributed by atoms with Crippen LogP contribution in [0.2, 0.25) is 0 Å². The molecule has 1 aliphatic rings. The molecular formula is C16H22BrNO3. The van der Waals surface area contributed by atoms with E-state index in [1.807, 2.05) is 13.0 Å². The van der Waals surface area contributed by atoms with Crippen molar-refractivity contribution in [1.29, 1.82) is 0 Å². The van der Waals surface area contributed by atoms with Crippen molar-refractivity contribution in [3.63, 3.8) is 0 Å². The van der Waals surface area contributed by atoms with E-state index in [2.05, 4.69) is 33.0 Å². The van der Waals surface area contributed by atoms with Crippen LogP contribution >= 0.6 is 15.9 Å². The standard InChI is InChI=1S/C16H22BrNO3/c1-3-21-16(19)13-5-4-8-18(11-13)10-12-6-7-15(20-2)14(17)9-12/h6-7,9,13H,3-5,8,10-11H2,1-2H3/t13-/m1/s1. The molecule has 4 nitrogen and oxygen atoms in total. The van der Waals surface area contributed by atoms with Crippen LogP contribution < -0.4 is 4.74 Å². The number of hydrogen-bond acceptors (Lipinski definition) is 4. The van der Waals surface area contributed by atoms with Gasteiger partial charge in [0.2, 0.25) is 0 Å². The van der Waals surface area contributed by atoms with Crippen molar-refractivity contribution in [2.45, 2.75) is 26.3 Å². The summed E-state index contributed by atoms with van der Waals surface area (Å²) in [6.07, 6.45) is 1.97. The molecule has 2 rings (SSSR count). The van der Waals surface area contributed by atoms with Gasteiger partial charge in [-0.25, -0.2) is 0 Å². The Hall–Kier alpha value is -1.07. The molecule has 0 aliphatic carbocycles. The topological polar surface area (TPSA) is 38.8 Å². The van der Waals surface area contributed by atoms with E-state index in [4.69, 9.17) is 9.47 Å². The van der Waals surface area contributed by atoms with E-state index in [0.717, 1.165) is 42.7 Å². The van der Waals surface area contributed by atoms with Gasteiger partial charge in [-0.3, -0.25) is 9.69 Å². The SMILES string of the molecule is CCOC(=O)[C@@H]1CCCN(Cc2ccc(OC)c(Br)c2)C1. The summed E-state index contributed by atoms with van der Waals surface area (Å²) in [6, 6.07) is 6.11. The zero-order valence-electron chi connectivity index (χ0n) is 12.6. The summed E-state index contributed by atoms with van der Waals surface area (Å²) < 4.78 is 11.3. The first-order valence-electron chi connectivity index (χ1n) is 7.35. The fraction of sp³-hybridized carbons (Fsp3) is 0.562. The van der Waals surface area contributed by atoms with Crippen molar-refractivity contribution >= 4 is 21.9 Å². The van der Waals surface area contributed by atoms with Gasteiger partial charge in [-0.1, -0.05) is 6.07 Å². The molecule has 0 radical (unpaired) electrons. The molecule has 1 aromatic carbocycles. The van der Waals surface area contributed by atoms with E-state index in [1.165, 1.54) is 5.56 Å². The highest BCUT2D eigenvalue weighted by Gasteiger charge is 2.26. The Bertz CT molecular complexity index is 492. The number of methoxy groups -OCH3 is 1. The smallest absolute Gasteiger partial charge is 0.310 e. The molecule has 1 atom stereocenters. The van der Waals surface area contributed by atoms with Gasteiger partial charge >= 0.3 is 5.97 Å². The second-order valence-electron chi connectivity index (χ2n) is 5.30. The van der Waals surface area contributed by atoms with Crippen molar-refractivity contribution in [3.05, 3.63) is 28.2 Å².